The second-order valence-corrected chi connectivity index (χ2v) is 9.22. The van der Waals surface area contributed by atoms with Crippen LogP contribution < -0.4 is 9.64 Å². The molecule has 2 aromatic heterocycles. The number of aromatic amines is 1. The van der Waals surface area contributed by atoms with Gasteiger partial charge in [-0.1, -0.05) is 23.7 Å². The Bertz CT molecular complexity index is 1150. The molecular formula is C23H25ClN4O5. The van der Waals surface area contributed by atoms with Crippen molar-refractivity contribution in [2.45, 2.75) is 43.4 Å². The van der Waals surface area contributed by atoms with Crippen LogP contribution in [0.3, 0.4) is 0 Å². The summed E-state index contributed by atoms with van der Waals surface area (Å²) in [4.78, 5) is 14.5. The Morgan fingerprint density at radius 3 is 2.58 bits per heavy atom. The van der Waals surface area contributed by atoms with Crippen LogP contribution in [-0.4, -0.2) is 82.0 Å². The molecule has 1 aromatic carbocycles. The van der Waals surface area contributed by atoms with E-state index in [1.807, 2.05) is 12.1 Å². The summed E-state index contributed by atoms with van der Waals surface area (Å²) in [6, 6.07) is 10.2. The third-order valence-corrected chi connectivity index (χ3v) is 6.91. The molecular weight excluding hydrogens is 448 g/mol. The minimum Gasteiger partial charge on any atom is -0.456 e. The molecule has 0 bridgehead atoms. The molecule has 6 rings (SSSR count). The third-order valence-electron chi connectivity index (χ3n) is 6.62. The van der Waals surface area contributed by atoms with Crippen LogP contribution in [0.4, 0.5) is 5.69 Å². The van der Waals surface area contributed by atoms with Gasteiger partial charge in [0.05, 0.1) is 35.6 Å². The Morgan fingerprint density at radius 1 is 1.03 bits per heavy atom. The number of nitrogens with zero attached hydrogens (tertiary/aromatic N) is 3. The number of halogens is 1. The molecule has 10 heteroatoms. The fourth-order valence-electron chi connectivity index (χ4n) is 4.80. The smallest absolute Gasteiger partial charge is 0.296 e. The number of imidazole rings is 1. The number of rotatable bonds is 4. The van der Waals surface area contributed by atoms with Gasteiger partial charge in [0, 0.05) is 24.3 Å². The zero-order chi connectivity index (χ0) is 22.5. The fraction of sp³-hybridized carbons (Fsp3) is 0.478. The molecule has 33 heavy (non-hydrogen) atoms. The van der Waals surface area contributed by atoms with Gasteiger partial charge in [0.15, 0.2) is 11.8 Å². The van der Waals surface area contributed by atoms with E-state index in [1.165, 1.54) is 0 Å². The molecule has 3 aliphatic heterocycles. The number of hydrogen-bond donors (Lipinski definition) is 3. The molecule has 0 radical (unpaired) electrons. The number of aromatic nitrogens is 3. The van der Waals surface area contributed by atoms with Crippen molar-refractivity contribution in [2.24, 2.45) is 0 Å². The highest BCUT2D eigenvalue weighted by Crippen LogP contribution is 2.33. The second kappa shape index (κ2) is 8.41. The predicted octanol–water partition coefficient (Wildman–Crippen LogP) is 2.15. The average molecular weight is 473 g/mol. The molecule has 3 saturated heterocycles. The lowest BCUT2D eigenvalue weighted by molar-refractivity contribution is 0.00706. The van der Waals surface area contributed by atoms with E-state index in [0.29, 0.717) is 34.5 Å². The number of nitrogens with one attached hydrogen (secondary N) is 1. The molecule has 3 aromatic rings. The summed E-state index contributed by atoms with van der Waals surface area (Å²) >= 11 is 6.55. The maximum absolute atomic E-state index is 9.90. The monoisotopic (exact) mass is 472 g/mol. The van der Waals surface area contributed by atoms with E-state index in [-0.39, 0.29) is 31.0 Å². The van der Waals surface area contributed by atoms with E-state index in [1.54, 1.807) is 6.07 Å². The van der Waals surface area contributed by atoms with Crippen molar-refractivity contribution < 1.29 is 24.4 Å². The van der Waals surface area contributed by atoms with E-state index in [4.69, 9.17) is 25.8 Å². The van der Waals surface area contributed by atoms with Crippen LogP contribution in [0.1, 0.15) is 12.8 Å². The van der Waals surface area contributed by atoms with Gasteiger partial charge < -0.3 is 34.3 Å². The van der Waals surface area contributed by atoms with Crippen molar-refractivity contribution >= 4 is 28.5 Å². The first-order valence-corrected chi connectivity index (χ1v) is 11.6. The minimum absolute atomic E-state index is 0.196. The summed E-state index contributed by atoms with van der Waals surface area (Å²) in [6.07, 6.45) is -0.287. The van der Waals surface area contributed by atoms with Crippen LogP contribution in [0.5, 0.6) is 6.01 Å². The van der Waals surface area contributed by atoms with Gasteiger partial charge in [0.2, 0.25) is 0 Å². The second-order valence-electron chi connectivity index (χ2n) is 8.82. The van der Waals surface area contributed by atoms with Crippen molar-refractivity contribution in [3.8, 4) is 17.3 Å². The van der Waals surface area contributed by atoms with Crippen molar-refractivity contribution in [1.29, 1.82) is 0 Å². The van der Waals surface area contributed by atoms with Crippen LogP contribution in [0.15, 0.2) is 30.3 Å². The summed E-state index contributed by atoms with van der Waals surface area (Å²) in [5.41, 5.74) is 3.84. The van der Waals surface area contributed by atoms with E-state index >= 15 is 0 Å². The Balaban J connectivity index is 1.21. The van der Waals surface area contributed by atoms with Crippen LogP contribution in [0.25, 0.3) is 22.4 Å². The highest BCUT2D eigenvalue weighted by Gasteiger charge is 2.48. The predicted molar refractivity (Wildman–Crippen MR) is 122 cm³/mol. The lowest BCUT2D eigenvalue weighted by Crippen LogP contribution is -2.35. The number of H-pyrrole nitrogens is 1. The molecule has 0 spiro atoms. The fourth-order valence-corrected chi connectivity index (χ4v) is 5.06. The number of anilines is 1. The topological polar surface area (TPSA) is 113 Å². The van der Waals surface area contributed by atoms with Crippen molar-refractivity contribution in [3.05, 3.63) is 35.4 Å². The van der Waals surface area contributed by atoms with Crippen LogP contribution in [0.2, 0.25) is 5.02 Å². The number of pyridine rings is 1. The summed E-state index contributed by atoms with van der Waals surface area (Å²) in [6.45, 7) is 2.26. The molecule has 3 fully saturated rings. The van der Waals surface area contributed by atoms with Gasteiger partial charge in [0.1, 0.15) is 18.3 Å². The van der Waals surface area contributed by atoms with Gasteiger partial charge in [-0.3, -0.25) is 0 Å². The number of fused-ring (bicyclic) bond motifs is 2. The largest absolute Gasteiger partial charge is 0.456 e. The van der Waals surface area contributed by atoms with E-state index in [9.17, 15) is 10.2 Å². The van der Waals surface area contributed by atoms with Crippen molar-refractivity contribution in [2.75, 3.05) is 31.2 Å². The first kappa shape index (κ1) is 21.1. The molecule has 5 heterocycles. The lowest BCUT2D eigenvalue weighted by atomic mass is 10.1. The molecule has 3 aliphatic rings. The number of aliphatic hydroxyl groups is 2. The summed E-state index contributed by atoms with van der Waals surface area (Å²) in [5, 5.41) is 20.1. The third kappa shape index (κ3) is 3.94. The first-order chi connectivity index (χ1) is 16.0. The van der Waals surface area contributed by atoms with Gasteiger partial charge in [-0.15, -0.1) is 0 Å². The highest BCUT2D eigenvalue weighted by atomic mass is 35.5. The first-order valence-electron chi connectivity index (χ1n) is 11.2. The summed E-state index contributed by atoms with van der Waals surface area (Å²) in [7, 11) is 0. The van der Waals surface area contributed by atoms with Crippen LogP contribution >= 0.6 is 11.6 Å². The van der Waals surface area contributed by atoms with Crippen molar-refractivity contribution in [3.63, 3.8) is 0 Å². The zero-order valence-corrected chi connectivity index (χ0v) is 18.6. The number of aliphatic hydroxyl groups excluding tert-OH is 2. The summed E-state index contributed by atoms with van der Waals surface area (Å²) < 4.78 is 17.2. The molecule has 4 atom stereocenters. The standard InChI is InChI=1S/C23H25ClN4O5/c24-15-9-16-22(27-23(25-16)33-18-11-32-20-17(30)10-31-21(18)20)26-19(15)12-1-3-13(4-2-12)28-7-5-14(29)6-8-28/h1-4,9,14,17-18,20-21,29-30H,5-8,10-11H2,(H,25,26,27). The Morgan fingerprint density at radius 2 is 1.79 bits per heavy atom. The Kier molecular flexibility index (Phi) is 5.38. The molecule has 3 N–H and O–H groups in total. The van der Waals surface area contributed by atoms with Gasteiger partial charge in [-0.2, -0.15) is 4.98 Å². The molecule has 4 unspecified atom stereocenters. The lowest BCUT2D eigenvalue weighted by Gasteiger charge is -2.31. The van der Waals surface area contributed by atoms with Crippen molar-refractivity contribution in [1.82, 2.24) is 15.0 Å². The van der Waals surface area contributed by atoms with Gasteiger partial charge in [0.25, 0.3) is 6.01 Å². The van der Waals surface area contributed by atoms with Crippen LogP contribution in [0, 0.1) is 0 Å². The van der Waals surface area contributed by atoms with Gasteiger partial charge in [-0.25, -0.2) is 4.98 Å². The highest BCUT2D eigenvalue weighted by molar-refractivity contribution is 6.33. The maximum atomic E-state index is 9.90. The number of piperidine rings is 1. The quantitative estimate of drug-likeness (QED) is 0.529. The Labute approximate surface area is 195 Å². The summed E-state index contributed by atoms with van der Waals surface area (Å²) in [5.74, 6) is 0. The van der Waals surface area contributed by atoms with Gasteiger partial charge in [-0.05, 0) is 31.0 Å². The molecule has 0 amide bonds. The van der Waals surface area contributed by atoms with Gasteiger partial charge >= 0.3 is 0 Å². The number of ether oxygens (including phenoxy) is 3. The molecule has 0 aliphatic carbocycles. The van der Waals surface area contributed by atoms with Crippen LogP contribution in [-0.2, 0) is 9.47 Å². The average Bonchev–Trinajstić information content (AvgIpc) is 3.51. The van der Waals surface area contributed by atoms with E-state index in [2.05, 4.69) is 32.0 Å². The maximum Gasteiger partial charge on any atom is 0.296 e. The molecule has 0 saturated carbocycles. The SMILES string of the molecule is OC1CCN(c2ccc(-c3nc4nc(OC5COC6C(O)COC56)[nH]c4cc3Cl)cc2)CC1. The zero-order valence-electron chi connectivity index (χ0n) is 17.9. The van der Waals surface area contributed by atoms with E-state index < -0.39 is 6.10 Å². The van der Waals surface area contributed by atoms with E-state index in [0.717, 1.165) is 37.2 Å². The normalized spacial score (nSPS) is 27.9. The number of hydrogen-bond acceptors (Lipinski definition) is 8. The Hall–Kier alpha value is -2.43. The number of benzene rings is 1. The molecule has 174 valence electrons. The minimum atomic E-state index is -0.629. The molecule has 9 nitrogen and oxygen atoms in total.